The number of rotatable bonds is 4. The molecule has 0 bridgehead atoms. The van der Waals surface area contributed by atoms with E-state index in [0.717, 1.165) is 0 Å². The van der Waals surface area contributed by atoms with Gasteiger partial charge >= 0.3 is 6.18 Å². The second kappa shape index (κ2) is 6.40. The molecule has 0 heterocycles. The molecule has 1 saturated carbocycles. The quantitative estimate of drug-likeness (QED) is 0.774. The lowest BCUT2D eigenvalue weighted by Crippen LogP contribution is -2.32. The Bertz CT molecular complexity index is 349. The van der Waals surface area contributed by atoms with Crippen molar-refractivity contribution in [3.8, 4) is 6.07 Å². The second-order valence-electron chi connectivity index (χ2n) is 5.80. The summed E-state index contributed by atoms with van der Waals surface area (Å²) in [5, 5.41) is 9.01. The Labute approximate surface area is 112 Å². The van der Waals surface area contributed by atoms with Crippen molar-refractivity contribution in [2.45, 2.75) is 52.1 Å². The third-order valence-corrected chi connectivity index (χ3v) is 3.80. The zero-order valence-corrected chi connectivity index (χ0v) is 11.3. The SMILES string of the molecule is CC(C)CC(C#N)C(=O)C1CCC(C(F)(F)F)CC1. The highest BCUT2D eigenvalue weighted by molar-refractivity contribution is 5.85. The highest BCUT2D eigenvalue weighted by atomic mass is 19.4. The van der Waals surface area contributed by atoms with Crippen molar-refractivity contribution in [2.24, 2.45) is 23.7 Å². The second-order valence-corrected chi connectivity index (χ2v) is 5.80. The first-order valence-corrected chi connectivity index (χ1v) is 6.75. The van der Waals surface area contributed by atoms with Gasteiger partial charge in [0.05, 0.1) is 12.0 Å². The molecule has 0 amide bonds. The van der Waals surface area contributed by atoms with Crippen LogP contribution in [0.4, 0.5) is 13.2 Å². The maximum Gasteiger partial charge on any atom is 0.391 e. The van der Waals surface area contributed by atoms with Crippen LogP contribution in [0.3, 0.4) is 0 Å². The van der Waals surface area contributed by atoms with Crippen LogP contribution in [-0.2, 0) is 4.79 Å². The fourth-order valence-electron chi connectivity index (χ4n) is 2.69. The van der Waals surface area contributed by atoms with E-state index in [4.69, 9.17) is 5.26 Å². The van der Waals surface area contributed by atoms with E-state index in [1.165, 1.54) is 0 Å². The monoisotopic (exact) mass is 275 g/mol. The van der Waals surface area contributed by atoms with E-state index in [0.29, 0.717) is 6.42 Å². The number of carbonyl (C=O) groups excluding carboxylic acids is 1. The van der Waals surface area contributed by atoms with Gasteiger partial charge in [0.15, 0.2) is 5.78 Å². The van der Waals surface area contributed by atoms with Gasteiger partial charge in [0.2, 0.25) is 0 Å². The van der Waals surface area contributed by atoms with Crippen LogP contribution in [0, 0.1) is 35.0 Å². The third-order valence-electron chi connectivity index (χ3n) is 3.80. The van der Waals surface area contributed by atoms with Crippen LogP contribution in [0.2, 0.25) is 0 Å². The molecule has 1 fully saturated rings. The Balaban J connectivity index is 2.55. The standard InChI is InChI=1S/C14H20F3NO/c1-9(2)7-11(8-18)13(19)10-3-5-12(6-4-10)14(15,16)17/h9-12H,3-7H2,1-2H3. The molecule has 19 heavy (non-hydrogen) atoms. The highest BCUT2D eigenvalue weighted by Gasteiger charge is 2.43. The highest BCUT2D eigenvalue weighted by Crippen LogP contribution is 2.40. The molecule has 1 unspecified atom stereocenters. The predicted octanol–water partition coefficient (Wildman–Crippen LogP) is 4.11. The number of nitrogens with zero attached hydrogens (tertiary/aromatic N) is 1. The van der Waals surface area contributed by atoms with Gasteiger partial charge < -0.3 is 0 Å². The number of ketones is 1. The molecule has 0 aromatic carbocycles. The summed E-state index contributed by atoms with van der Waals surface area (Å²) in [6.45, 7) is 3.86. The summed E-state index contributed by atoms with van der Waals surface area (Å²) in [6, 6.07) is 2.00. The van der Waals surface area contributed by atoms with E-state index in [1.54, 1.807) is 0 Å². The van der Waals surface area contributed by atoms with E-state index >= 15 is 0 Å². The normalized spacial score (nSPS) is 25.9. The molecule has 5 heteroatoms. The van der Waals surface area contributed by atoms with Gasteiger partial charge in [0.1, 0.15) is 5.92 Å². The van der Waals surface area contributed by atoms with Crippen LogP contribution in [0.25, 0.3) is 0 Å². The average Bonchev–Trinajstić information content (AvgIpc) is 2.34. The zero-order chi connectivity index (χ0) is 14.6. The smallest absolute Gasteiger partial charge is 0.298 e. The minimum absolute atomic E-state index is 0.0136. The summed E-state index contributed by atoms with van der Waals surface area (Å²) in [7, 11) is 0. The molecule has 1 aliphatic rings. The summed E-state index contributed by atoms with van der Waals surface area (Å²) in [4.78, 5) is 12.1. The van der Waals surface area contributed by atoms with Crippen molar-refractivity contribution in [3.63, 3.8) is 0 Å². The van der Waals surface area contributed by atoms with Crippen molar-refractivity contribution in [1.29, 1.82) is 5.26 Å². The number of Topliss-reactive ketones (excluding diaryl/α,β-unsaturated/α-hetero) is 1. The maximum absolute atomic E-state index is 12.5. The molecule has 2 nitrogen and oxygen atoms in total. The number of hydrogen-bond acceptors (Lipinski definition) is 2. The number of halogens is 3. The lowest BCUT2D eigenvalue weighted by atomic mass is 9.76. The summed E-state index contributed by atoms with van der Waals surface area (Å²) in [5.74, 6) is -2.21. The van der Waals surface area contributed by atoms with Crippen molar-refractivity contribution in [3.05, 3.63) is 0 Å². The molecule has 108 valence electrons. The zero-order valence-electron chi connectivity index (χ0n) is 11.3. The van der Waals surface area contributed by atoms with Crippen LogP contribution in [0.5, 0.6) is 0 Å². The van der Waals surface area contributed by atoms with Gasteiger partial charge in [-0.2, -0.15) is 18.4 Å². The van der Waals surface area contributed by atoms with Crippen LogP contribution in [0.15, 0.2) is 0 Å². The van der Waals surface area contributed by atoms with Gasteiger partial charge in [-0.15, -0.1) is 0 Å². The number of hydrogen-bond donors (Lipinski definition) is 0. The molecular weight excluding hydrogens is 255 g/mol. The fourth-order valence-corrected chi connectivity index (χ4v) is 2.69. The number of alkyl halides is 3. The lowest BCUT2D eigenvalue weighted by Gasteiger charge is -2.30. The minimum Gasteiger partial charge on any atom is -0.298 e. The van der Waals surface area contributed by atoms with E-state index < -0.39 is 18.0 Å². The molecule has 0 N–H and O–H groups in total. The molecular formula is C14H20F3NO. The Hall–Kier alpha value is -1.05. The van der Waals surface area contributed by atoms with E-state index in [2.05, 4.69) is 0 Å². The Morgan fingerprint density at radius 2 is 1.79 bits per heavy atom. The van der Waals surface area contributed by atoms with Gasteiger partial charge in [-0.25, -0.2) is 0 Å². The van der Waals surface area contributed by atoms with Crippen LogP contribution in [0.1, 0.15) is 46.0 Å². The van der Waals surface area contributed by atoms with Crippen molar-refractivity contribution < 1.29 is 18.0 Å². The first kappa shape index (κ1) is 16.0. The molecule has 0 aliphatic heterocycles. The van der Waals surface area contributed by atoms with Crippen molar-refractivity contribution in [1.82, 2.24) is 0 Å². The van der Waals surface area contributed by atoms with Gasteiger partial charge in [0, 0.05) is 5.92 Å². The molecule has 0 saturated heterocycles. The van der Waals surface area contributed by atoms with Gasteiger partial charge in [-0.1, -0.05) is 13.8 Å². The Morgan fingerprint density at radius 1 is 1.26 bits per heavy atom. The Morgan fingerprint density at radius 3 is 2.16 bits per heavy atom. The largest absolute Gasteiger partial charge is 0.391 e. The molecule has 1 aliphatic carbocycles. The van der Waals surface area contributed by atoms with Crippen LogP contribution >= 0.6 is 0 Å². The number of carbonyl (C=O) groups is 1. The molecule has 0 spiro atoms. The summed E-state index contributed by atoms with van der Waals surface area (Å²) in [6.07, 6.45) is -3.10. The number of nitriles is 1. The molecule has 0 aromatic heterocycles. The van der Waals surface area contributed by atoms with Crippen molar-refractivity contribution in [2.75, 3.05) is 0 Å². The van der Waals surface area contributed by atoms with Crippen molar-refractivity contribution >= 4 is 5.78 Å². The first-order valence-electron chi connectivity index (χ1n) is 6.75. The molecule has 0 aromatic rings. The Kier molecular flexibility index (Phi) is 5.39. The molecule has 1 rings (SSSR count). The van der Waals surface area contributed by atoms with E-state index in [-0.39, 0.29) is 43.3 Å². The summed E-state index contributed by atoms with van der Waals surface area (Å²) in [5.41, 5.74) is 0. The summed E-state index contributed by atoms with van der Waals surface area (Å²) < 4.78 is 37.6. The van der Waals surface area contributed by atoms with Crippen LogP contribution < -0.4 is 0 Å². The van der Waals surface area contributed by atoms with Crippen LogP contribution in [-0.4, -0.2) is 12.0 Å². The molecule has 1 atom stereocenters. The van der Waals surface area contributed by atoms with E-state index in [9.17, 15) is 18.0 Å². The summed E-state index contributed by atoms with van der Waals surface area (Å²) >= 11 is 0. The third kappa shape index (κ3) is 4.52. The predicted molar refractivity (Wildman–Crippen MR) is 65.1 cm³/mol. The fraction of sp³-hybridized carbons (Fsp3) is 0.857. The lowest BCUT2D eigenvalue weighted by molar-refractivity contribution is -0.184. The maximum atomic E-state index is 12.5. The van der Waals surface area contributed by atoms with Gasteiger partial charge in [-0.05, 0) is 38.0 Å². The minimum atomic E-state index is -4.15. The average molecular weight is 275 g/mol. The topological polar surface area (TPSA) is 40.9 Å². The molecule has 0 radical (unpaired) electrons. The van der Waals surface area contributed by atoms with Gasteiger partial charge in [-0.3, -0.25) is 4.79 Å². The first-order chi connectivity index (χ1) is 8.75. The van der Waals surface area contributed by atoms with E-state index in [1.807, 2.05) is 19.9 Å². The van der Waals surface area contributed by atoms with Gasteiger partial charge in [0.25, 0.3) is 0 Å².